The minimum absolute atomic E-state index is 0. The molecule has 0 aromatic heterocycles. The molecule has 7 nitrogen and oxygen atoms in total. The molecule has 4 rings (SSSR count). The summed E-state index contributed by atoms with van der Waals surface area (Å²) in [5, 5.41) is 10.7. The maximum atomic E-state index is 10.7. The summed E-state index contributed by atoms with van der Waals surface area (Å²) in [6.45, 7) is 21.6. The molecule has 1 aliphatic heterocycles. The fourth-order valence-electron chi connectivity index (χ4n) is 6.15. The minimum atomic E-state index is -2.05. The molecule has 1 unspecified atom stereocenters. The van der Waals surface area contributed by atoms with Gasteiger partial charge in [0.25, 0.3) is 0 Å². The Morgan fingerprint density at radius 3 is 1.89 bits per heavy atom. The van der Waals surface area contributed by atoms with E-state index in [2.05, 4.69) is 103 Å². The number of nitro benzene ring substituents is 1. The number of rotatable bonds is 8. The number of likely N-dealkylation sites (N-methyl/N-ethyl adjacent to an activating group) is 1. The Balaban J connectivity index is 0.000000353. The Bertz CT molecular complexity index is 1530. The third kappa shape index (κ3) is 11.1. The topological polar surface area (TPSA) is 58.9 Å². The second-order valence-electron chi connectivity index (χ2n) is 13.2. The monoisotopic (exact) mass is 871 g/mol. The quantitative estimate of drug-likeness (QED) is 0.0747. The van der Waals surface area contributed by atoms with Crippen LogP contribution in [0.1, 0.15) is 52.8 Å². The Morgan fingerprint density at radius 2 is 1.46 bits per heavy atom. The molecule has 0 saturated carbocycles. The van der Waals surface area contributed by atoms with E-state index in [-0.39, 0.29) is 35.8 Å². The first-order valence-corrected chi connectivity index (χ1v) is 20.5. The van der Waals surface area contributed by atoms with Crippen molar-refractivity contribution in [3.05, 3.63) is 98.2 Å². The van der Waals surface area contributed by atoms with E-state index in [4.69, 9.17) is 24.1 Å². The Labute approximate surface area is 306 Å². The fourth-order valence-corrected chi connectivity index (χ4v) is 7.94. The van der Waals surface area contributed by atoms with Crippen molar-refractivity contribution in [2.75, 3.05) is 44.0 Å². The zero-order valence-corrected chi connectivity index (χ0v) is 34.2. The summed E-state index contributed by atoms with van der Waals surface area (Å²) in [6, 6.07) is 14.0. The van der Waals surface area contributed by atoms with Crippen LogP contribution in [0.5, 0.6) is 5.75 Å². The van der Waals surface area contributed by atoms with Crippen molar-refractivity contribution in [1.82, 2.24) is 0 Å². The second kappa shape index (κ2) is 17.1. The molecule has 0 N–H and O–H groups in total. The van der Waals surface area contributed by atoms with E-state index in [0.717, 1.165) is 17.6 Å². The third-order valence-corrected chi connectivity index (χ3v) is 9.23. The van der Waals surface area contributed by atoms with E-state index in [1.807, 2.05) is 13.8 Å². The third-order valence-electron chi connectivity index (χ3n) is 7.39. The number of quaternary nitrogens is 1. The van der Waals surface area contributed by atoms with Crippen LogP contribution < -0.4 is 38.5 Å². The van der Waals surface area contributed by atoms with E-state index in [1.54, 1.807) is 10.7 Å². The number of halogens is 3. The molecule has 1 aliphatic rings. The Kier molecular flexibility index (Phi) is 15.0. The molecule has 1 saturated heterocycles. The molecule has 256 valence electrons. The van der Waals surface area contributed by atoms with Crippen LogP contribution in [0.4, 0.5) is 17.1 Å². The number of nitro groups is 1. The summed E-state index contributed by atoms with van der Waals surface area (Å²) in [4.78, 5) is 15.2. The molecular weight excluding hydrogens is 823 g/mol. The second-order valence-corrected chi connectivity index (χ2v) is 19.0. The molecule has 46 heavy (non-hydrogen) atoms. The molecule has 1 fully saturated rings. The van der Waals surface area contributed by atoms with Crippen LogP contribution in [-0.2, 0) is 13.5 Å². The van der Waals surface area contributed by atoms with Crippen molar-refractivity contribution in [3.8, 4) is 5.75 Å². The average molecular weight is 872 g/mol. The van der Waals surface area contributed by atoms with E-state index >= 15 is 0 Å². The van der Waals surface area contributed by atoms with Gasteiger partial charge in [-0.25, -0.2) is 0 Å². The van der Waals surface area contributed by atoms with E-state index in [1.165, 1.54) is 56.9 Å². The van der Waals surface area contributed by atoms with Crippen LogP contribution in [0.2, 0.25) is 0 Å². The van der Waals surface area contributed by atoms with Crippen molar-refractivity contribution >= 4 is 41.1 Å². The predicted octanol–water partition coefficient (Wildman–Crippen LogP) is 5.52. The number of aryl methyl sites for hydroxylation is 6. The van der Waals surface area contributed by atoms with Gasteiger partial charge in [0.1, 0.15) is 0 Å². The fraction of sp³-hybridized carbons (Fsp3) is 0.429. The molecule has 3 aromatic rings. The summed E-state index contributed by atoms with van der Waals surface area (Å²) < 4.78 is 8.13. The number of anilines is 2. The largest absolute Gasteiger partial charge is 1.00 e. The molecule has 0 amide bonds. The van der Waals surface area contributed by atoms with Gasteiger partial charge in [-0.15, -0.1) is 0 Å². The SMILES string of the molecule is CC(C)Oc1ccc([N+](=O)[O-])cc1[CH]=[Ru]([Cl])[Cl].Cc1cc(C)c(N2[CH-]N(c3c(C)cc(C)cc3C)C(C[N+](C)(C)C)C2)c(C)c1.[I-]. The minimum Gasteiger partial charge on any atom is -1.00 e. The van der Waals surface area contributed by atoms with Gasteiger partial charge in [-0.2, -0.15) is 6.67 Å². The number of nitrogens with zero attached hydrogens (tertiary/aromatic N) is 4. The molecule has 3 aromatic carbocycles. The number of hydrogen-bond donors (Lipinski definition) is 0. The van der Waals surface area contributed by atoms with Gasteiger partial charge in [-0.1, -0.05) is 35.4 Å². The van der Waals surface area contributed by atoms with Crippen molar-refractivity contribution < 1.29 is 51.6 Å². The van der Waals surface area contributed by atoms with Gasteiger partial charge >= 0.3 is 112 Å². The standard InChI is InChI=1S/C25H37N3.C10H11NO3.2ClH.HI.Ru/c1-17-10-19(3)24(20(4)11-17)26-14-23(15-28(7,8)9)27(16-26)25-21(5)12-18(2)13-22(25)6;1-7(2)14-10-5-4-9(11(12)13)6-8(10)3;;;;/h10-13,16,23H,14-15H2,1-9H3;3-7H,1-2H3;3*1H;/q;;;;;+2/p-3. The van der Waals surface area contributed by atoms with Gasteiger partial charge < -0.3 is 38.3 Å². The van der Waals surface area contributed by atoms with E-state index < -0.39 is 18.4 Å². The van der Waals surface area contributed by atoms with E-state index in [9.17, 15) is 10.1 Å². The summed E-state index contributed by atoms with van der Waals surface area (Å²) in [5.74, 6) is 0.561. The van der Waals surface area contributed by atoms with Gasteiger partial charge in [0, 0.05) is 17.9 Å². The molecular formula is C35H48Cl2IN4O3Ru-. The first-order valence-electron chi connectivity index (χ1n) is 15.0. The zero-order valence-electron chi connectivity index (χ0n) is 28.8. The molecule has 0 spiro atoms. The molecule has 1 atom stereocenters. The summed E-state index contributed by atoms with van der Waals surface area (Å²) >= 11 is -2.05. The molecule has 11 heteroatoms. The smallest absolute Gasteiger partial charge is 0.0979 e. The van der Waals surface area contributed by atoms with Crippen LogP contribution >= 0.6 is 19.4 Å². The van der Waals surface area contributed by atoms with Crippen molar-refractivity contribution in [1.29, 1.82) is 0 Å². The number of ether oxygens (including phenoxy) is 1. The normalized spacial score (nSPS) is 14.8. The number of hydrogen-bond acceptors (Lipinski definition) is 5. The van der Waals surface area contributed by atoms with Crippen LogP contribution in [0.15, 0.2) is 42.5 Å². The number of non-ortho nitro benzene ring substituents is 1. The van der Waals surface area contributed by atoms with Crippen LogP contribution in [0, 0.1) is 58.3 Å². The molecule has 0 radical (unpaired) electrons. The molecule has 0 bridgehead atoms. The first kappa shape index (κ1) is 40.4. The van der Waals surface area contributed by atoms with Gasteiger partial charge in [0.2, 0.25) is 0 Å². The van der Waals surface area contributed by atoms with Crippen LogP contribution in [-0.4, -0.2) is 60.4 Å². The van der Waals surface area contributed by atoms with E-state index in [0.29, 0.717) is 17.4 Å². The van der Waals surface area contributed by atoms with Crippen molar-refractivity contribution in [2.45, 2.75) is 67.5 Å². The van der Waals surface area contributed by atoms with Gasteiger partial charge in [-0.05, 0) is 63.8 Å². The molecule has 0 aliphatic carbocycles. The first-order chi connectivity index (χ1) is 20.9. The van der Waals surface area contributed by atoms with Crippen LogP contribution in [0.25, 0.3) is 0 Å². The summed E-state index contributed by atoms with van der Waals surface area (Å²) in [5.41, 5.74) is 11.4. The zero-order chi connectivity index (χ0) is 33.8. The van der Waals surface area contributed by atoms with Gasteiger partial charge in [0.15, 0.2) is 0 Å². The molecule has 1 heterocycles. The maximum Gasteiger partial charge on any atom is 0.0979 e. The van der Waals surface area contributed by atoms with Gasteiger partial charge in [0.05, 0.1) is 33.7 Å². The summed E-state index contributed by atoms with van der Waals surface area (Å²) in [7, 11) is 18.4. The predicted molar refractivity (Wildman–Crippen MR) is 188 cm³/mol. The number of benzene rings is 3. The van der Waals surface area contributed by atoms with Crippen molar-refractivity contribution in [3.63, 3.8) is 0 Å². The van der Waals surface area contributed by atoms with Crippen LogP contribution in [0.3, 0.4) is 0 Å². The maximum absolute atomic E-state index is 10.7. The van der Waals surface area contributed by atoms with Crippen molar-refractivity contribution in [2.24, 2.45) is 0 Å². The Hall–Kier alpha value is -1.78. The van der Waals surface area contributed by atoms with Gasteiger partial charge in [-0.3, -0.25) is 0 Å². The summed E-state index contributed by atoms with van der Waals surface area (Å²) in [6.07, 6.45) is -0.0186. The average Bonchev–Trinajstić information content (AvgIpc) is 3.24. The Morgan fingerprint density at radius 1 is 0.957 bits per heavy atom.